The van der Waals surface area contributed by atoms with E-state index < -0.39 is 5.41 Å². The topological polar surface area (TPSA) is 77.2 Å². The Balaban J connectivity index is 2.12. The average Bonchev–Trinajstić information content (AvgIpc) is 2.90. The average molecular weight is 279 g/mol. The molecule has 2 rings (SSSR count). The van der Waals surface area contributed by atoms with Crippen LogP contribution >= 0.6 is 12.2 Å². The summed E-state index contributed by atoms with van der Waals surface area (Å²) in [5.74, 6) is 0.368. The fourth-order valence-corrected chi connectivity index (χ4v) is 2.69. The molecule has 1 amide bonds. The van der Waals surface area contributed by atoms with Crippen molar-refractivity contribution in [2.24, 2.45) is 11.1 Å². The molecule has 1 saturated carbocycles. The second-order valence-electron chi connectivity index (χ2n) is 4.70. The lowest BCUT2D eigenvalue weighted by molar-refractivity contribution is -0.122. The van der Waals surface area contributed by atoms with Crippen molar-refractivity contribution in [1.82, 2.24) is 4.98 Å². The number of carbonyl (C=O) groups is 1. The first kappa shape index (κ1) is 13.7. The van der Waals surface area contributed by atoms with E-state index in [-0.39, 0.29) is 10.9 Å². The van der Waals surface area contributed by atoms with Gasteiger partial charge in [0.05, 0.1) is 29.4 Å². The van der Waals surface area contributed by atoms with Gasteiger partial charge in [-0.05, 0) is 18.9 Å². The quantitative estimate of drug-likeness (QED) is 0.823. The first-order valence-corrected chi connectivity index (χ1v) is 6.61. The normalized spacial score (nSPS) is 16.9. The second kappa shape index (κ2) is 5.52. The SMILES string of the molecule is COc1ccc(NC(=O)C2(C(N)=S)CCCC2)cn1. The van der Waals surface area contributed by atoms with Crippen molar-refractivity contribution in [1.29, 1.82) is 0 Å². The van der Waals surface area contributed by atoms with Crippen LogP contribution in [0, 0.1) is 5.41 Å². The zero-order valence-corrected chi connectivity index (χ0v) is 11.6. The molecule has 0 aromatic carbocycles. The lowest BCUT2D eigenvalue weighted by atomic mass is 9.85. The lowest BCUT2D eigenvalue weighted by Gasteiger charge is -2.26. The number of hydrogen-bond donors (Lipinski definition) is 2. The second-order valence-corrected chi connectivity index (χ2v) is 5.14. The Morgan fingerprint density at radius 2 is 2.16 bits per heavy atom. The van der Waals surface area contributed by atoms with E-state index in [4.69, 9.17) is 22.7 Å². The number of pyridine rings is 1. The first-order chi connectivity index (χ1) is 9.08. The monoisotopic (exact) mass is 279 g/mol. The molecule has 1 aromatic heterocycles. The van der Waals surface area contributed by atoms with Crippen molar-refractivity contribution in [3.63, 3.8) is 0 Å². The summed E-state index contributed by atoms with van der Waals surface area (Å²) >= 11 is 5.08. The summed E-state index contributed by atoms with van der Waals surface area (Å²) < 4.78 is 4.97. The van der Waals surface area contributed by atoms with Gasteiger partial charge < -0.3 is 15.8 Å². The summed E-state index contributed by atoms with van der Waals surface area (Å²) in [5.41, 5.74) is 5.69. The number of carbonyl (C=O) groups excluding carboxylic acids is 1. The predicted octanol–water partition coefficient (Wildman–Crippen LogP) is 1.88. The number of amides is 1. The molecule has 6 heteroatoms. The fraction of sp³-hybridized carbons (Fsp3) is 0.462. The van der Waals surface area contributed by atoms with Gasteiger partial charge in [-0.15, -0.1) is 0 Å². The number of nitrogens with one attached hydrogen (secondary N) is 1. The maximum absolute atomic E-state index is 12.4. The van der Waals surface area contributed by atoms with Gasteiger partial charge in [0.2, 0.25) is 11.8 Å². The molecule has 3 N–H and O–H groups in total. The summed E-state index contributed by atoms with van der Waals surface area (Å²) in [7, 11) is 1.54. The van der Waals surface area contributed by atoms with E-state index in [0.717, 1.165) is 25.7 Å². The molecular formula is C13H17N3O2S. The number of rotatable bonds is 4. The number of nitrogens with two attached hydrogens (primary N) is 1. The molecule has 0 spiro atoms. The Bertz CT molecular complexity index is 481. The van der Waals surface area contributed by atoms with Crippen molar-refractivity contribution < 1.29 is 9.53 Å². The van der Waals surface area contributed by atoms with Crippen LogP contribution in [0.3, 0.4) is 0 Å². The largest absolute Gasteiger partial charge is 0.481 e. The highest BCUT2D eigenvalue weighted by Gasteiger charge is 2.43. The highest BCUT2D eigenvalue weighted by molar-refractivity contribution is 7.80. The zero-order valence-electron chi connectivity index (χ0n) is 10.8. The molecule has 1 aliphatic carbocycles. The molecule has 1 heterocycles. The van der Waals surface area contributed by atoms with Gasteiger partial charge in [0.1, 0.15) is 0 Å². The molecule has 0 saturated heterocycles. The molecule has 0 radical (unpaired) electrons. The Labute approximate surface area is 117 Å². The van der Waals surface area contributed by atoms with Crippen molar-refractivity contribution in [3.8, 4) is 5.88 Å². The number of ether oxygens (including phenoxy) is 1. The Kier molecular flexibility index (Phi) is 3.99. The van der Waals surface area contributed by atoms with Crippen molar-refractivity contribution in [2.45, 2.75) is 25.7 Å². The van der Waals surface area contributed by atoms with Gasteiger partial charge in [0.25, 0.3) is 0 Å². The molecule has 0 unspecified atom stereocenters. The number of hydrogen-bond acceptors (Lipinski definition) is 4. The van der Waals surface area contributed by atoms with Gasteiger partial charge in [-0.1, -0.05) is 25.1 Å². The summed E-state index contributed by atoms with van der Waals surface area (Å²) in [4.78, 5) is 16.7. The zero-order chi connectivity index (χ0) is 13.9. The van der Waals surface area contributed by atoms with Crippen LogP contribution in [-0.4, -0.2) is 23.0 Å². The number of methoxy groups -OCH3 is 1. The minimum atomic E-state index is -0.699. The Morgan fingerprint density at radius 1 is 1.47 bits per heavy atom. The minimum Gasteiger partial charge on any atom is -0.481 e. The van der Waals surface area contributed by atoms with Crippen LogP contribution in [0.2, 0.25) is 0 Å². The van der Waals surface area contributed by atoms with E-state index in [2.05, 4.69) is 10.3 Å². The third kappa shape index (κ3) is 2.68. The van der Waals surface area contributed by atoms with Crippen molar-refractivity contribution in [2.75, 3.05) is 12.4 Å². The van der Waals surface area contributed by atoms with Gasteiger partial charge in [-0.25, -0.2) is 4.98 Å². The summed E-state index contributed by atoms with van der Waals surface area (Å²) in [6, 6.07) is 3.43. The van der Waals surface area contributed by atoms with E-state index in [1.807, 2.05) is 0 Å². The third-order valence-corrected chi connectivity index (χ3v) is 3.96. The van der Waals surface area contributed by atoms with Crippen LogP contribution in [0.4, 0.5) is 5.69 Å². The maximum atomic E-state index is 12.4. The first-order valence-electron chi connectivity index (χ1n) is 6.20. The number of aromatic nitrogens is 1. The van der Waals surface area contributed by atoms with Crippen molar-refractivity contribution >= 4 is 28.8 Å². The molecule has 0 aliphatic heterocycles. The van der Waals surface area contributed by atoms with Gasteiger partial charge >= 0.3 is 0 Å². The number of thiocarbonyl (C=S) groups is 1. The highest BCUT2D eigenvalue weighted by Crippen LogP contribution is 2.39. The molecule has 1 fully saturated rings. The molecule has 0 bridgehead atoms. The summed E-state index contributed by atoms with van der Waals surface area (Å²) in [5, 5.41) is 2.83. The van der Waals surface area contributed by atoms with Gasteiger partial charge in [0, 0.05) is 6.07 Å². The Hall–Kier alpha value is -1.69. The summed E-state index contributed by atoms with van der Waals surface area (Å²) in [6.45, 7) is 0. The number of anilines is 1. The predicted molar refractivity (Wildman–Crippen MR) is 77.1 cm³/mol. The van der Waals surface area contributed by atoms with Crippen LogP contribution in [0.1, 0.15) is 25.7 Å². The Morgan fingerprint density at radius 3 is 2.63 bits per heavy atom. The van der Waals surface area contributed by atoms with Gasteiger partial charge in [0.15, 0.2) is 0 Å². The molecule has 1 aliphatic rings. The molecule has 0 atom stereocenters. The summed E-state index contributed by atoms with van der Waals surface area (Å²) in [6.07, 6.45) is 4.95. The number of nitrogens with zero attached hydrogens (tertiary/aromatic N) is 1. The molecule has 1 aromatic rings. The van der Waals surface area contributed by atoms with Gasteiger partial charge in [-0.3, -0.25) is 4.79 Å². The van der Waals surface area contributed by atoms with Crippen LogP contribution in [0.15, 0.2) is 18.3 Å². The lowest BCUT2D eigenvalue weighted by Crippen LogP contribution is -2.43. The smallest absolute Gasteiger partial charge is 0.237 e. The maximum Gasteiger partial charge on any atom is 0.237 e. The van der Waals surface area contributed by atoms with Crippen LogP contribution in [-0.2, 0) is 4.79 Å². The molecule has 5 nitrogen and oxygen atoms in total. The fourth-order valence-electron chi connectivity index (χ4n) is 2.39. The highest BCUT2D eigenvalue weighted by atomic mass is 32.1. The molecule has 19 heavy (non-hydrogen) atoms. The van der Waals surface area contributed by atoms with E-state index in [1.165, 1.54) is 0 Å². The van der Waals surface area contributed by atoms with E-state index in [1.54, 1.807) is 25.4 Å². The van der Waals surface area contributed by atoms with E-state index in [9.17, 15) is 4.79 Å². The third-order valence-electron chi connectivity index (χ3n) is 3.57. The molecule has 102 valence electrons. The van der Waals surface area contributed by atoms with E-state index >= 15 is 0 Å². The van der Waals surface area contributed by atoms with Gasteiger partial charge in [-0.2, -0.15) is 0 Å². The van der Waals surface area contributed by atoms with E-state index in [0.29, 0.717) is 11.6 Å². The van der Waals surface area contributed by atoms with Crippen LogP contribution in [0.5, 0.6) is 5.88 Å². The van der Waals surface area contributed by atoms with Crippen LogP contribution in [0.25, 0.3) is 0 Å². The molecular weight excluding hydrogens is 262 g/mol. The standard InChI is InChI=1S/C13H17N3O2S/c1-18-10-5-4-9(8-15-10)16-12(17)13(11(14)19)6-2-3-7-13/h4-5,8H,2-3,6-7H2,1H3,(H2,14,19)(H,16,17). The minimum absolute atomic E-state index is 0.135. The van der Waals surface area contributed by atoms with Crippen molar-refractivity contribution in [3.05, 3.63) is 18.3 Å². The van der Waals surface area contributed by atoms with Crippen LogP contribution < -0.4 is 15.8 Å².